The lowest BCUT2D eigenvalue weighted by molar-refractivity contribution is -0.163. The Morgan fingerprint density at radius 2 is 1.71 bits per heavy atom. The minimum absolute atomic E-state index is 0.190. The largest absolute Gasteiger partial charge is 0.381 e. The molecule has 5 heterocycles. The number of nitrogens with zero attached hydrogens (tertiary/aromatic N) is 5. The standard InChI is InChI=1S/C29H32N6O3/c1-18(2)31-23-10-11-30-27-21(16-33-12-3-4-13-33)15-24(32-28(23)27)19-8-9-22-20(14-19)17-34(29(22)38)35-25(36)6-5-7-26(35)37/h8-11,14-15,18H,3-7,12-13,16-17H2,1-2H3,(H,30,31). The third-order valence-corrected chi connectivity index (χ3v) is 7.49. The van der Waals surface area contributed by atoms with Gasteiger partial charge in [0.15, 0.2) is 0 Å². The van der Waals surface area contributed by atoms with E-state index in [1.807, 2.05) is 24.4 Å². The molecule has 0 saturated carbocycles. The number of rotatable bonds is 6. The third-order valence-electron chi connectivity index (χ3n) is 7.49. The number of carbonyl (C=O) groups excluding carboxylic acids is 3. The highest BCUT2D eigenvalue weighted by Crippen LogP contribution is 2.33. The molecule has 0 unspecified atom stereocenters. The average Bonchev–Trinajstić information content (AvgIpc) is 3.51. The predicted molar refractivity (Wildman–Crippen MR) is 144 cm³/mol. The SMILES string of the molecule is CC(C)Nc1ccnc2c(CN3CCCC3)cc(-c3ccc4c(c3)CN(N3C(=O)CCCC3=O)C4=O)nc12. The van der Waals surface area contributed by atoms with Crippen LogP contribution in [0, 0.1) is 0 Å². The van der Waals surface area contributed by atoms with Gasteiger partial charge >= 0.3 is 0 Å². The fourth-order valence-electron chi connectivity index (χ4n) is 5.70. The maximum atomic E-state index is 13.1. The molecule has 38 heavy (non-hydrogen) atoms. The van der Waals surface area contributed by atoms with Crippen LogP contribution < -0.4 is 5.32 Å². The summed E-state index contributed by atoms with van der Waals surface area (Å²) < 4.78 is 0. The molecule has 2 aromatic heterocycles. The number of hydrogen-bond donors (Lipinski definition) is 1. The number of nitrogens with one attached hydrogen (secondary N) is 1. The number of piperidine rings is 1. The molecule has 0 radical (unpaired) electrons. The van der Waals surface area contributed by atoms with E-state index in [1.165, 1.54) is 17.9 Å². The molecule has 3 aromatic rings. The Hall–Kier alpha value is -3.85. The Kier molecular flexibility index (Phi) is 6.31. The Bertz CT molecular complexity index is 1430. The fraction of sp³-hybridized carbons (Fsp3) is 0.414. The summed E-state index contributed by atoms with van der Waals surface area (Å²) in [6.07, 6.45) is 5.34. The summed E-state index contributed by atoms with van der Waals surface area (Å²) in [7, 11) is 0. The Labute approximate surface area is 221 Å². The second-order valence-electron chi connectivity index (χ2n) is 10.7. The number of fused-ring (bicyclic) bond motifs is 2. The van der Waals surface area contributed by atoms with E-state index in [1.54, 1.807) is 6.07 Å². The second-order valence-corrected chi connectivity index (χ2v) is 10.7. The van der Waals surface area contributed by atoms with Crippen molar-refractivity contribution in [1.29, 1.82) is 0 Å². The van der Waals surface area contributed by atoms with Gasteiger partial charge in [0, 0.05) is 42.8 Å². The van der Waals surface area contributed by atoms with Crippen LogP contribution in [-0.4, -0.2) is 61.7 Å². The van der Waals surface area contributed by atoms with Gasteiger partial charge in [0.1, 0.15) is 5.52 Å². The zero-order valence-corrected chi connectivity index (χ0v) is 21.9. The number of likely N-dealkylation sites (tertiary alicyclic amines) is 1. The highest BCUT2D eigenvalue weighted by Gasteiger charge is 2.39. The van der Waals surface area contributed by atoms with Crippen molar-refractivity contribution in [2.75, 3.05) is 18.4 Å². The van der Waals surface area contributed by atoms with Crippen molar-refractivity contribution in [3.8, 4) is 11.3 Å². The molecule has 0 bridgehead atoms. The molecule has 6 rings (SSSR count). The monoisotopic (exact) mass is 512 g/mol. The van der Waals surface area contributed by atoms with E-state index < -0.39 is 0 Å². The van der Waals surface area contributed by atoms with Crippen molar-refractivity contribution in [3.05, 3.63) is 53.2 Å². The highest BCUT2D eigenvalue weighted by molar-refractivity contribution is 6.05. The molecule has 1 aromatic carbocycles. The number of benzene rings is 1. The fourth-order valence-corrected chi connectivity index (χ4v) is 5.70. The van der Waals surface area contributed by atoms with Gasteiger partial charge in [-0.2, -0.15) is 5.01 Å². The van der Waals surface area contributed by atoms with Crippen LogP contribution in [0.1, 0.15) is 67.4 Å². The highest BCUT2D eigenvalue weighted by atomic mass is 16.2. The predicted octanol–water partition coefficient (Wildman–Crippen LogP) is 4.12. The third kappa shape index (κ3) is 4.41. The van der Waals surface area contributed by atoms with E-state index in [9.17, 15) is 14.4 Å². The van der Waals surface area contributed by atoms with E-state index in [0.717, 1.165) is 63.7 Å². The Balaban J connectivity index is 1.40. The first-order chi connectivity index (χ1) is 18.4. The summed E-state index contributed by atoms with van der Waals surface area (Å²) in [6, 6.07) is 9.97. The zero-order valence-electron chi connectivity index (χ0n) is 21.9. The molecule has 3 aliphatic heterocycles. The van der Waals surface area contributed by atoms with Crippen molar-refractivity contribution in [3.63, 3.8) is 0 Å². The minimum atomic E-state index is -0.317. The first-order valence-corrected chi connectivity index (χ1v) is 13.5. The number of imide groups is 1. The van der Waals surface area contributed by atoms with E-state index in [2.05, 4.69) is 30.1 Å². The summed E-state index contributed by atoms with van der Waals surface area (Å²) in [5.74, 6) is -0.949. The van der Waals surface area contributed by atoms with Crippen LogP contribution in [0.4, 0.5) is 5.69 Å². The average molecular weight is 513 g/mol. The normalized spacial score (nSPS) is 18.2. The number of anilines is 1. The minimum Gasteiger partial charge on any atom is -0.381 e. The van der Waals surface area contributed by atoms with Gasteiger partial charge in [-0.15, -0.1) is 0 Å². The van der Waals surface area contributed by atoms with Crippen molar-refractivity contribution in [2.45, 2.75) is 65.1 Å². The number of aromatic nitrogens is 2. The van der Waals surface area contributed by atoms with Crippen LogP contribution in [0.15, 0.2) is 36.5 Å². The molecular weight excluding hydrogens is 480 g/mol. The smallest absolute Gasteiger partial charge is 0.273 e. The molecule has 3 amide bonds. The van der Waals surface area contributed by atoms with Crippen LogP contribution in [0.25, 0.3) is 22.3 Å². The number of amides is 3. The lowest BCUT2D eigenvalue weighted by Crippen LogP contribution is -2.51. The van der Waals surface area contributed by atoms with Crippen molar-refractivity contribution >= 4 is 34.4 Å². The molecule has 9 nitrogen and oxygen atoms in total. The number of pyridine rings is 2. The van der Waals surface area contributed by atoms with Crippen LogP contribution in [0.5, 0.6) is 0 Å². The molecule has 0 aliphatic carbocycles. The molecule has 196 valence electrons. The molecule has 0 spiro atoms. The maximum Gasteiger partial charge on any atom is 0.273 e. The lowest BCUT2D eigenvalue weighted by Gasteiger charge is -2.32. The summed E-state index contributed by atoms with van der Waals surface area (Å²) in [4.78, 5) is 50.3. The summed E-state index contributed by atoms with van der Waals surface area (Å²) in [6.45, 7) is 7.35. The van der Waals surface area contributed by atoms with E-state index in [0.29, 0.717) is 12.0 Å². The van der Waals surface area contributed by atoms with Gasteiger partial charge in [0.25, 0.3) is 5.91 Å². The molecule has 0 atom stereocenters. The molecule has 3 aliphatic rings. The molecule has 1 N–H and O–H groups in total. The van der Waals surface area contributed by atoms with Crippen LogP contribution in [-0.2, 0) is 22.7 Å². The van der Waals surface area contributed by atoms with Crippen molar-refractivity contribution < 1.29 is 14.4 Å². The first-order valence-electron chi connectivity index (χ1n) is 13.5. The van der Waals surface area contributed by atoms with Gasteiger partial charge in [0.05, 0.1) is 23.4 Å². The molecule has 2 saturated heterocycles. The van der Waals surface area contributed by atoms with Gasteiger partial charge in [-0.3, -0.25) is 24.3 Å². The quantitative estimate of drug-likeness (QED) is 0.496. The Morgan fingerprint density at radius 1 is 0.947 bits per heavy atom. The second kappa shape index (κ2) is 9.79. The van der Waals surface area contributed by atoms with Crippen LogP contribution in [0.3, 0.4) is 0 Å². The van der Waals surface area contributed by atoms with Crippen molar-refractivity contribution in [1.82, 2.24) is 24.9 Å². The molecule has 2 fully saturated rings. The summed E-state index contributed by atoms with van der Waals surface area (Å²) >= 11 is 0. The lowest BCUT2D eigenvalue weighted by atomic mass is 10.0. The van der Waals surface area contributed by atoms with E-state index in [4.69, 9.17) is 9.97 Å². The van der Waals surface area contributed by atoms with Gasteiger partial charge < -0.3 is 5.32 Å². The number of hydrazine groups is 1. The summed E-state index contributed by atoms with van der Waals surface area (Å²) in [5.41, 5.74) is 6.80. The number of carbonyl (C=O) groups is 3. The Morgan fingerprint density at radius 3 is 2.45 bits per heavy atom. The van der Waals surface area contributed by atoms with Crippen LogP contribution >= 0.6 is 0 Å². The van der Waals surface area contributed by atoms with E-state index >= 15 is 0 Å². The van der Waals surface area contributed by atoms with Gasteiger partial charge in [-0.1, -0.05) is 6.07 Å². The maximum absolute atomic E-state index is 13.1. The summed E-state index contributed by atoms with van der Waals surface area (Å²) in [5, 5.41) is 5.84. The van der Waals surface area contributed by atoms with Gasteiger partial charge in [-0.05, 0) is 81.6 Å². The van der Waals surface area contributed by atoms with Crippen LogP contribution in [0.2, 0.25) is 0 Å². The zero-order chi connectivity index (χ0) is 26.4. The van der Waals surface area contributed by atoms with Gasteiger partial charge in [-0.25, -0.2) is 9.99 Å². The van der Waals surface area contributed by atoms with Gasteiger partial charge in [0.2, 0.25) is 11.8 Å². The molecule has 9 heteroatoms. The topological polar surface area (TPSA) is 98.7 Å². The van der Waals surface area contributed by atoms with Crippen molar-refractivity contribution in [2.24, 2.45) is 0 Å². The number of hydrogen-bond acceptors (Lipinski definition) is 7. The molecular formula is C29H32N6O3. The van der Waals surface area contributed by atoms with E-state index in [-0.39, 0.29) is 43.1 Å². The first kappa shape index (κ1) is 24.5.